The van der Waals surface area contributed by atoms with Crippen LogP contribution >= 0.6 is 11.8 Å². The van der Waals surface area contributed by atoms with Gasteiger partial charge in [0.1, 0.15) is 6.04 Å². The Hall–Kier alpha value is -3.09. The van der Waals surface area contributed by atoms with Crippen LogP contribution in [0.5, 0.6) is 0 Å². The summed E-state index contributed by atoms with van der Waals surface area (Å²) < 4.78 is 37.9. The number of carbonyl (C=O) groups excluding carboxylic acids is 2. The van der Waals surface area contributed by atoms with Crippen molar-refractivity contribution in [3.63, 3.8) is 0 Å². The summed E-state index contributed by atoms with van der Waals surface area (Å²) >= 11 is 1.61. The second-order valence-electron chi connectivity index (χ2n) is 8.68. The molecule has 0 fully saturated rings. The molecule has 1 aliphatic rings. The standard InChI is InChI=1S/C25H32N4O6S2/c1-4-20-16(2)36-24(27-20)22(15-18-10-12-19(13-11-18)29-37(32,33)34)26-23(30)21(28-25(31)35-3)14-17-8-6-5-7-9-17/h5-13,16,20-22,29H,4,14-15H2,1-3H3,(H,26,30)(H,28,31)(H,32,33,34)/t16?,20?,21-,22-/m0/s1. The molecule has 3 rings (SSSR count). The van der Waals surface area contributed by atoms with Gasteiger partial charge in [-0.05, 0) is 36.1 Å². The molecule has 4 atom stereocenters. The fraction of sp³-hybridized carbons (Fsp3) is 0.400. The van der Waals surface area contributed by atoms with E-state index < -0.39 is 28.5 Å². The van der Waals surface area contributed by atoms with Crippen molar-refractivity contribution in [3.05, 3.63) is 65.7 Å². The van der Waals surface area contributed by atoms with E-state index in [9.17, 15) is 18.0 Å². The third-order valence-corrected chi connectivity index (χ3v) is 7.70. The smallest absolute Gasteiger partial charge is 0.407 e. The van der Waals surface area contributed by atoms with Crippen LogP contribution in [0.15, 0.2) is 59.6 Å². The fourth-order valence-corrected chi connectivity index (χ4v) is 5.72. The van der Waals surface area contributed by atoms with Crippen LogP contribution in [0.1, 0.15) is 31.4 Å². The van der Waals surface area contributed by atoms with Crippen molar-refractivity contribution >= 4 is 44.8 Å². The molecule has 0 bridgehead atoms. The minimum Gasteiger partial charge on any atom is -0.453 e. The first-order valence-corrected chi connectivity index (χ1v) is 14.2. The van der Waals surface area contributed by atoms with E-state index in [1.54, 1.807) is 23.9 Å². The highest BCUT2D eigenvalue weighted by atomic mass is 32.2. The molecule has 0 radical (unpaired) electrons. The van der Waals surface area contributed by atoms with E-state index >= 15 is 0 Å². The number of nitrogens with zero attached hydrogens (tertiary/aromatic N) is 1. The number of ether oxygens (including phenoxy) is 1. The van der Waals surface area contributed by atoms with Crippen LogP contribution in [-0.2, 0) is 32.7 Å². The Kier molecular flexibility index (Phi) is 9.95. The van der Waals surface area contributed by atoms with Gasteiger partial charge in [-0.3, -0.25) is 19.1 Å². The number of thioether (sulfide) groups is 1. The van der Waals surface area contributed by atoms with E-state index in [4.69, 9.17) is 14.3 Å². The number of anilines is 1. The van der Waals surface area contributed by atoms with E-state index in [0.29, 0.717) is 6.42 Å². The van der Waals surface area contributed by atoms with Crippen molar-refractivity contribution < 1.29 is 27.3 Å². The van der Waals surface area contributed by atoms with Crippen LogP contribution in [0, 0.1) is 0 Å². The first-order valence-electron chi connectivity index (χ1n) is 11.8. The number of rotatable bonds is 11. The van der Waals surface area contributed by atoms with Gasteiger partial charge in [-0.1, -0.05) is 56.3 Å². The number of benzene rings is 2. The summed E-state index contributed by atoms with van der Waals surface area (Å²) in [5, 5.41) is 6.74. The maximum Gasteiger partial charge on any atom is 0.407 e. The third kappa shape index (κ3) is 8.76. The normalized spacial score (nSPS) is 18.9. The van der Waals surface area contributed by atoms with Gasteiger partial charge in [0.2, 0.25) is 5.91 Å². The Morgan fingerprint density at radius 3 is 2.27 bits per heavy atom. The predicted octanol–water partition coefficient (Wildman–Crippen LogP) is 3.21. The van der Waals surface area contributed by atoms with Gasteiger partial charge >= 0.3 is 16.4 Å². The van der Waals surface area contributed by atoms with Crippen molar-refractivity contribution in [1.82, 2.24) is 10.6 Å². The lowest BCUT2D eigenvalue weighted by atomic mass is 10.0. The van der Waals surface area contributed by atoms with Gasteiger partial charge in [0, 0.05) is 11.7 Å². The molecule has 4 N–H and O–H groups in total. The van der Waals surface area contributed by atoms with E-state index in [1.807, 2.05) is 35.1 Å². The van der Waals surface area contributed by atoms with Gasteiger partial charge < -0.3 is 15.4 Å². The number of methoxy groups -OCH3 is 1. The Balaban J connectivity index is 1.83. The lowest BCUT2D eigenvalue weighted by molar-refractivity contribution is -0.123. The van der Waals surface area contributed by atoms with Crippen molar-refractivity contribution in [2.24, 2.45) is 4.99 Å². The van der Waals surface area contributed by atoms with E-state index in [-0.39, 0.29) is 29.3 Å². The minimum atomic E-state index is -4.38. The SMILES string of the molecule is CCC1N=C([C@H](Cc2ccc(NS(=O)(=O)O)cc2)NC(=O)[C@H](Cc2ccccc2)NC(=O)OC)SC1C. The molecule has 1 heterocycles. The predicted molar refractivity (Wildman–Crippen MR) is 145 cm³/mol. The zero-order valence-corrected chi connectivity index (χ0v) is 22.5. The summed E-state index contributed by atoms with van der Waals surface area (Å²) in [5.74, 6) is -0.375. The number of aliphatic imine (C=N–C) groups is 1. The topological polar surface area (TPSA) is 146 Å². The lowest BCUT2D eigenvalue weighted by Gasteiger charge is -2.24. The molecule has 12 heteroatoms. The molecule has 1 aliphatic heterocycles. The lowest BCUT2D eigenvalue weighted by Crippen LogP contribution is -2.52. The molecule has 2 amide bonds. The van der Waals surface area contributed by atoms with Gasteiger partial charge in [-0.25, -0.2) is 4.79 Å². The number of amides is 2. The summed E-state index contributed by atoms with van der Waals surface area (Å²) in [6, 6.07) is 14.6. The molecule has 2 aromatic rings. The summed E-state index contributed by atoms with van der Waals surface area (Å²) in [5.41, 5.74) is 1.91. The van der Waals surface area contributed by atoms with Crippen LogP contribution in [0.3, 0.4) is 0 Å². The number of carbonyl (C=O) groups is 2. The van der Waals surface area contributed by atoms with E-state index in [0.717, 1.165) is 22.6 Å². The molecule has 10 nitrogen and oxygen atoms in total. The maximum absolute atomic E-state index is 13.4. The number of hydrogen-bond acceptors (Lipinski definition) is 7. The highest BCUT2D eigenvalue weighted by Crippen LogP contribution is 2.31. The number of nitrogens with one attached hydrogen (secondary N) is 3. The van der Waals surface area contributed by atoms with Crippen LogP contribution in [0.4, 0.5) is 10.5 Å². The average Bonchev–Trinajstić information content (AvgIpc) is 3.24. The summed E-state index contributed by atoms with van der Waals surface area (Å²) in [6.07, 6.45) is 0.831. The number of hydrogen-bond donors (Lipinski definition) is 4. The van der Waals surface area contributed by atoms with Crippen LogP contribution < -0.4 is 15.4 Å². The number of alkyl carbamates (subject to hydrolysis) is 1. The van der Waals surface area contributed by atoms with Crippen molar-refractivity contribution in [2.75, 3.05) is 11.8 Å². The van der Waals surface area contributed by atoms with Crippen LogP contribution in [0.25, 0.3) is 0 Å². The quantitative estimate of drug-likeness (QED) is 0.315. The Labute approximate surface area is 221 Å². The second kappa shape index (κ2) is 12.9. The molecule has 0 aromatic heterocycles. The first kappa shape index (κ1) is 28.5. The van der Waals surface area contributed by atoms with Crippen molar-refractivity contribution in [2.45, 2.75) is 56.5 Å². The summed E-state index contributed by atoms with van der Waals surface area (Å²) in [7, 11) is -3.14. The first-order chi connectivity index (χ1) is 17.6. The maximum atomic E-state index is 13.4. The molecule has 2 aromatic carbocycles. The van der Waals surface area contributed by atoms with Gasteiger partial charge in [-0.2, -0.15) is 8.42 Å². The highest BCUT2D eigenvalue weighted by Gasteiger charge is 2.32. The van der Waals surface area contributed by atoms with Gasteiger partial charge in [0.15, 0.2) is 0 Å². The van der Waals surface area contributed by atoms with Gasteiger partial charge in [-0.15, -0.1) is 11.8 Å². The summed E-state index contributed by atoms with van der Waals surface area (Å²) in [6.45, 7) is 4.17. The molecular weight excluding hydrogens is 516 g/mol. The molecule has 0 saturated heterocycles. The average molecular weight is 549 g/mol. The molecular formula is C25H32N4O6S2. The zero-order chi connectivity index (χ0) is 27.0. The molecule has 37 heavy (non-hydrogen) atoms. The fourth-order valence-electron chi connectivity index (χ4n) is 3.99. The van der Waals surface area contributed by atoms with Crippen molar-refractivity contribution in [1.29, 1.82) is 0 Å². The monoisotopic (exact) mass is 548 g/mol. The molecule has 0 aliphatic carbocycles. The highest BCUT2D eigenvalue weighted by molar-refractivity contribution is 8.14. The molecule has 0 spiro atoms. The molecule has 200 valence electrons. The minimum absolute atomic E-state index is 0.133. The molecule has 0 saturated carbocycles. The summed E-state index contributed by atoms with van der Waals surface area (Å²) in [4.78, 5) is 30.3. The van der Waals surface area contributed by atoms with Crippen molar-refractivity contribution in [3.8, 4) is 0 Å². The van der Waals surface area contributed by atoms with E-state index in [1.165, 1.54) is 19.2 Å². The second-order valence-corrected chi connectivity index (χ2v) is 11.2. The molecule has 2 unspecified atom stereocenters. The van der Waals surface area contributed by atoms with Crippen LogP contribution in [-0.4, -0.2) is 60.5 Å². The van der Waals surface area contributed by atoms with Gasteiger partial charge in [0.25, 0.3) is 0 Å². The van der Waals surface area contributed by atoms with Gasteiger partial charge in [0.05, 0.1) is 29.9 Å². The third-order valence-electron chi connectivity index (χ3n) is 5.89. The van der Waals surface area contributed by atoms with Crippen LogP contribution in [0.2, 0.25) is 0 Å². The Morgan fingerprint density at radius 2 is 1.70 bits per heavy atom. The van der Waals surface area contributed by atoms with E-state index in [2.05, 4.69) is 24.5 Å². The Bertz CT molecular complexity index is 1210. The largest absolute Gasteiger partial charge is 0.453 e. The Morgan fingerprint density at radius 1 is 1.05 bits per heavy atom. The zero-order valence-electron chi connectivity index (χ0n) is 20.9.